The minimum absolute atomic E-state index is 0.330. The number of fused-ring (bicyclic) bond motifs is 1. The van der Waals surface area contributed by atoms with Crippen molar-refractivity contribution in [1.82, 2.24) is 10.2 Å². The first-order valence-corrected chi connectivity index (χ1v) is 3.69. The monoisotopic (exact) mass is 178 g/mol. The Morgan fingerprint density at radius 3 is 2.92 bits per heavy atom. The van der Waals surface area contributed by atoms with Gasteiger partial charge in [-0.25, -0.2) is 10.2 Å². The summed E-state index contributed by atoms with van der Waals surface area (Å²) in [7, 11) is 0. The number of nitrogens with two attached hydrogens (primary N) is 1. The molecule has 0 unspecified atom stereocenters. The Hall–Kier alpha value is -1.75. The van der Waals surface area contributed by atoms with Gasteiger partial charge in [0.1, 0.15) is 5.82 Å². The van der Waals surface area contributed by atoms with E-state index in [9.17, 15) is 4.39 Å². The van der Waals surface area contributed by atoms with Crippen LogP contribution in [0, 0.1) is 5.82 Å². The lowest BCUT2D eigenvalue weighted by Crippen LogP contribution is -2.09. The predicted octanol–water partition coefficient (Wildman–Crippen LogP) is 1.05. The van der Waals surface area contributed by atoms with Gasteiger partial charge in [0, 0.05) is 10.8 Å². The van der Waals surface area contributed by atoms with Crippen LogP contribution in [-0.4, -0.2) is 10.2 Å². The van der Waals surface area contributed by atoms with Crippen LogP contribution in [0.2, 0.25) is 0 Å². The van der Waals surface area contributed by atoms with Gasteiger partial charge in [-0.15, -0.1) is 5.10 Å². The number of hydrogen-bond donors (Lipinski definition) is 2. The molecule has 0 saturated carbocycles. The van der Waals surface area contributed by atoms with Crippen LogP contribution >= 0.6 is 0 Å². The number of anilines is 1. The highest BCUT2D eigenvalue weighted by molar-refractivity contribution is 5.91. The molecule has 0 aliphatic carbocycles. The summed E-state index contributed by atoms with van der Waals surface area (Å²) < 4.78 is 13.2. The molecule has 66 valence electrons. The number of nitrogen functional groups attached to an aromatic ring is 1. The second-order valence-electron chi connectivity index (χ2n) is 2.54. The number of hydrogen-bond acceptors (Lipinski definition) is 4. The topological polar surface area (TPSA) is 63.8 Å². The molecule has 0 spiro atoms. The molecule has 2 aromatic rings. The molecule has 2 rings (SSSR count). The standard InChI is InChI=1S/C8H7FN4/c9-7-3-1-2-5-6(7)4-11-13-8(5)12-10/h1-4H,10H2,(H,12,13). The molecule has 3 N–H and O–H groups in total. The number of nitrogens with zero attached hydrogens (tertiary/aromatic N) is 2. The summed E-state index contributed by atoms with van der Waals surface area (Å²) in [4.78, 5) is 0. The van der Waals surface area contributed by atoms with Crippen molar-refractivity contribution in [3.63, 3.8) is 0 Å². The molecule has 0 radical (unpaired) electrons. The molecule has 0 atom stereocenters. The van der Waals surface area contributed by atoms with E-state index in [1.807, 2.05) is 0 Å². The maximum Gasteiger partial charge on any atom is 0.170 e. The van der Waals surface area contributed by atoms with Gasteiger partial charge in [-0.3, -0.25) is 0 Å². The fourth-order valence-electron chi connectivity index (χ4n) is 1.18. The lowest BCUT2D eigenvalue weighted by molar-refractivity contribution is 0.639. The second kappa shape index (κ2) is 2.95. The van der Waals surface area contributed by atoms with Gasteiger partial charge in [0.15, 0.2) is 5.82 Å². The summed E-state index contributed by atoms with van der Waals surface area (Å²) >= 11 is 0. The Morgan fingerprint density at radius 1 is 1.31 bits per heavy atom. The third-order valence-corrected chi connectivity index (χ3v) is 1.79. The van der Waals surface area contributed by atoms with Crippen LogP contribution in [0.5, 0.6) is 0 Å². The molecule has 0 bridgehead atoms. The van der Waals surface area contributed by atoms with E-state index in [0.29, 0.717) is 16.6 Å². The van der Waals surface area contributed by atoms with Crippen molar-refractivity contribution in [1.29, 1.82) is 0 Å². The van der Waals surface area contributed by atoms with Crippen LogP contribution in [0.1, 0.15) is 0 Å². The number of halogens is 1. The second-order valence-corrected chi connectivity index (χ2v) is 2.54. The summed E-state index contributed by atoms with van der Waals surface area (Å²) in [5.74, 6) is 5.23. The molecule has 0 aliphatic heterocycles. The molecule has 5 heteroatoms. The van der Waals surface area contributed by atoms with Crippen LogP contribution in [0.3, 0.4) is 0 Å². The van der Waals surface area contributed by atoms with E-state index >= 15 is 0 Å². The van der Waals surface area contributed by atoms with Gasteiger partial charge in [0.2, 0.25) is 0 Å². The maximum atomic E-state index is 13.2. The highest BCUT2D eigenvalue weighted by atomic mass is 19.1. The Labute approximate surface area is 73.5 Å². The van der Waals surface area contributed by atoms with Gasteiger partial charge in [0.25, 0.3) is 0 Å². The maximum absolute atomic E-state index is 13.2. The van der Waals surface area contributed by atoms with E-state index < -0.39 is 0 Å². The average Bonchev–Trinajstić information content (AvgIpc) is 2.18. The highest BCUT2D eigenvalue weighted by Crippen LogP contribution is 2.20. The van der Waals surface area contributed by atoms with Crippen molar-refractivity contribution >= 4 is 16.6 Å². The Morgan fingerprint density at radius 2 is 2.15 bits per heavy atom. The highest BCUT2D eigenvalue weighted by Gasteiger charge is 2.04. The van der Waals surface area contributed by atoms with Gasteiger partial charge in [-0.05, 0) is 6.07 Å². The summed E-state index contributed by atoms with van der Waals surface area (Å²) in [5.41, 5.74) is 2.36. The summed E-state index contributed by atoms with van der Waals surface area (Å²) in [6.07, 6.45) is 1.37. The first-order chi connectivity index (χ1) is 6.33. The van der Waals surface area contributed by atoms with Gasteiger partial charge in [-0.2, -0.15) is 5.10 Å². The molecule has 0 fully saturated rings. The summed E-state index contributed by atoms with van der Waals surface area (Å²) in [5, 5.41) is 8.36. The van der Waals surface area contributed by atoms with Crippen molar-refractivity contribution in [3.05, 3.63) is 30.2 Å². The number of nitrogens with one attached hydrogen (secondary N) is 1. The van der Waals surface area contributed by atoms with Crippen molar-refractivity contribution < 1.29 is 4.39 Å². The number of hydrazine groups is 1. The average molecular weight is 178 g/mol. The molecule has 1 heterocycles. The quantitative estimate of drug-likeness (QED) is 0.506. The van der Waals surface area contributed by atoms with Crippen LogP contribution < -0.4 is 11.3 Å². The molecule has 0 amide bonds. The largest absolute Gasteiger partial charge is 0.306 e. The molecular weight excluding hydrogens is 171 g/mol. The van der Waals surface area contributed by atoms with Crippen molar-refractivity contribution in [2.75, 3.05) is 5.43 Å². The zero-order chi connectivity index (χ0) is 9.26. The molecule has 13 heavy (non-hydrogen) atoms. The first kappa shape index (κ1) is 7.88. The Kier molecular flexibility index (Phi) is 1.79. The van der Waals surface area contributed by atoms with Crippen molar-refractivity contribution in [2.24, 2.45) is 5.84 Å². The van der Waals surface area contributed by atoms with E-state index in [2.05, 4.69) is 15.6 Å². The van der Waals surface area contributed by atoms with Gasteiger partial charge in [-0.1, -0.05) is 12.1 Å². The fraction of sp³-hybridized carbons (Fsp3) is 0. The minimum atomic E-state index is -0.330. The van der Waals surface area contributed by atoms with Crippen molar-refractivity contribution in [3.8, 4) is 0 Å². The first-order valence-electron chi connectivity index (χ1n) is 3.69. The lowest BCUT2D eigenvalue weighted by Gasteiger charge is -2.02. The third-order valence-electron chi connectivity index (χ3n) is 1.79. The molecular formula is C8H7FN4. The smallest absolute Gasteiger partial charge is 0.170 e. The summed E-state index contributed by atoms with van der Waals surface area (Å²) in [6.45, 7) is 0. The zero-order valence-electron chi connectivity index (χ0n) is 6.66. The van der Waals surface area contributed by atoms with E-state index in [4.69, 9.17) is 5.84 Å². The minimum Gasteiger partial charge on any atom is -0.306 e. The van der Waals surface area contributed by atoms with Crippen LogP contribution in [0.4, 0.5) is 10.2 Å². The van der Waals surface area contributed by atoms with E-state index in [1.165, 1.54) is 12.3 Å². The molecule has 1 aromatic heterocycles. The molecule has 4 nitrogen and oxygen atoms in total. The summed E-state index contributed by atoms with van der Waals surface area (Å²) in [6, 6.07) is 4.69. The Bertz CT molecular complexity index is 443. The molecule has 1 aromatic carbocycles. The zero-order valence-corrected chi connectivity index (χ0v) is 6.66. The Balaban J connectivity index is 2.84. The van der Waals surface area contributed by atoms with Gasteiger partial charge >= 0.3 is 0 Å². The van der Waals surface area contributed by atoms with Crippen LogP contribution in [0.15, 0.2) is 24.4 Å². The van der Waals surface area contributed by atoms with Crippen LogP contribution in [0.25, 0.3) is 10.8 Å². The van der Waals surface area contributed by atoms with Crippen molar-refractivity contribution in [2.45, 2.75) is 0 Å². The van der Waals surface area contributed by atoms with E-state index in [-0.39, 0.29) is 5.82 Å². The number of benzene rings is 1. The SMILES string of the molecule is NNc1nncc2c(F)cccc12. The lowest BCUT2D eigenvalue weighted by atomic mass is 10.2. The van der Waals surface area contributed by atoms with E-state index in [0.717, 1.165) is 0 Å². The molecule has 0 saturated heterocycles. The predicted molar refractivity (Wildman–Crippen MR) is 47.3 cm³/mol. The fourth-order valence-corrected chi connectivity index (χ4v) is 1.18. The third kappa shape index (κ3) is 1.19. The van der Waals surface area contributed by atoms with E-state index in [1.54, 1.807) is 12.1 Å². The number of aromatic nitrogens is 2. The number of rotatable bonds is 1. The van der Waals surface area contributed by atoms with Crippen LogP contribution in [-0.2, 0) is 0 Å². The molecule has 0 aliphatic rings. The normalized spacial score (nSPS) is 10.3. The van der Waals surface area contributed by atoms with Gasteiger partial charge < -0.3 is 5.43 Å². The van der Waals surface area contributed by atoms with Gasteiger partial charge in [0.05, 0.1) is 6.20 Å².